The molecule has 2 fully saturated rings. The number of nitrogens with zero attached hydrogens (tertiary/aromatic N) is 2. The van der Waals surface area contributed by atoms with Gasteiger partial charge >= 0.3 is 0 Å². The summed E-state index contributed by atoms with van der Waals surface area (Å²) in [6.07, 6.45) is 3.53. The molecule has 1 heterocycles. The Morgan fingerprint density at radius 3 is 2.64 bits per heavy atom. The smallest absolute Gasteiger partial charge is 0.223 e. The maximum absolute atomic E-state index is 13.7. The first-order valence-corrected chi connectivity index (χ1v) is 11.7. The highest BCUT2D eigenvalue weighted by atomic mass is 127. The molecule has 1 atom stereocenters. The molecule has 1 saturated carbocycles. The van der Waals surface area contributed by atoms with Crippen LogP contribution < -0.4 is 10.6 Å². The molecule has 0 aromatic heterocycles. The van der Waals surface area contributed by atoms with E-state index in [4.69, 9.17) is 4.99 Å². The van der Waals surface area contributed by atoms with Crippen molar-refractivity contribution in [2.75, 3.05) is 32.7 Å². The summed E-state index contributed by atoms with van der Waals surface area (Å²) in [5.74, 6) is 1.09. The van der Waals surface area contributed by atoms with E-state index in [1.165, 1.54) is 11.6 Å². The lowest BCUT2D eigenvalue weighted by atomic mass is 9.96. The number of guanidine groups is 1. The molecule has 1 aliphatic heterocycles. The van der Waals surface area contributed by atoms with Crippen LogP contribution in [0, 0.1) is 11.7 Å². The van der Waals surface area contributed by atoms with Gasteiger partial charge < -0.3 is 15.5 Å². The Kier molecular flexibility index (Phi) is 9.11. The molecule has 2 aromatic carbocycles. The van der Waals surface area contributed by atoms with Gasteiger partial charge in [-0.15, -0.1) is 24.0 Å². The topological polar surface area (TPSA) is 56.7 Å². The van der Waals surface area contributed by atoms with Gasteiger partial charge in [-0.2, -0.15) is 0 Å². The summed E-state index contributed by atoms with van der Waals surface area (Å²) in [6.45, 7) is 5.71. The van der Waals surface area contributed by atoms with Gasteiger partial charge in [-0.3, -0.25) is 9.79 Å². The number of rotatable bonds is 9. The number of aliphatic imine (C=N–C) groups is 1. The van der Waals surface area contributed by atoms with E-state index in [1.807, 2.05) is 36.1 Å². The molecular formula is C26H34FIN4O. The van der Waals surface area contributed by atoms with Gasteiger partial charge in [0.05, 0.1) is 6.54 Å². The lowest BCUT2D eigenvalue weighted by Crippen LogP contribution is -2.41. The summed E-state index contributed by atoms with van der Waals surface area (Å²) in [5.41, 5.74) is 2.26. The Bertz CT molecular complexity index is 948. The minimum Gasteiger partial charge on any atom is -0.357 e. The second-order valence-electron chi connectivity index (χ2n) is 9.01. The first kappa shape index (κ1) is 25.5. The first-order chi connectivity index (χ1) is 15.6. The second-order valence-corrected chi connectivity index (χ2v) is 9.01. The number of carbonyl (C=O) groups is 1. The van der Waals surface area contributed by atoms with E-state index >= 15 is 0 Å². The second kappa shape index (κ2) is 11.8. The number of hydrogen-bond donors (Lipinski definition) is 2. The molecule has 1 aliphatic carbocycles. The molecule has 2 aromatic rings. The molecule has 7 heteroatoms. The van der Waals surface area contributed by atoms with Gasteiger partial charge in [-0.1, -0.05) is 42.5 Å². The predicted molar refractivity (Wildman–Crippen MR) is 142 cm³/mol. The molecule has 0 spiro atoms. The number of carbonyl (C=O) groups excluding carboxylic acids is 1. The molecule has 0 radical (unpaired) electrons. The zero-order valence-corrected chi connectivity index (χ0v) is 21.6. The van der Waals surface area contributed by atoms with Crippen LogP contribution in [0.5, 0.6) is 0 Å². The highest BCUT2D eigenvalue weighted by Gasteiger charge is 2.44. The molecule has 1 amide bonds. The molecule has 1 saturated heterocycles. The lowest BCUT2D eigenvalue weighted by molar-refractivity contribution is -0.127. The summed E-state index contributed by atoms with van der Waals surface area (Å²) < 4.78 is 13.7. The maximum atomic E-state index is 13.7. The summed E-state index contributed by atoms with van der Waals surface area (Å²) in [5, 5.41) is 6.73. The molecule has 2 aliphatic rings. The van der Waals surface area contributed by atoms with Crippen molar-refractivity contribution in [3.8, 4) is 0 Å². The van der Waals surface area contributed by atoms with Crippen molar-refractivity contribution in [1.82, 2.24) is 15.5 Å². The quantitative estimate of drug-likeness (QED) is 0.274. The van der Waals surface area contributed by atoms with Crippen molar-refractivity contribution in [2.24, 2.45) is 10.9 Å². The van der Waals surface area contributed by atoms with Crippen LogP contribution in [0.3, 0.4) is 0 Å². The summed E-state index contributed by atoms with van der Waals surface area (Å²) in [6, 6.07) is 17.2. The fourth-order valence-electron chi connectivity index (χ4n) is 4.44. The van der Waals surface area contributed by atoms with Crippen LogP contribution in [0.4, 0.5) is 4.39 Å². The van der Waals surface area contributed by atoms with Crippen LogP contribution in [-0.4, -0.2) is 49.5 Å². The third-order valence-electron chi connectivity index (χ3n) is 6.54. The van der Waals surface area contributed by atoms with Crippen molar-refractivity contribution in [3.05, 3.63) is 71.5 Å². The van der Waals surface area contributed by atoms with E-state index in [1.54, 1.807) is 12.1 Å². The van der Waals surface area contributed by atoms with Gasteiger partial charge in [0.15, 0.2) is 5.96 Å². The fraction of sp³-hybridized carbons (Fsp3) is 0.462. The minimum atomic E-state index is -0.189. The third kappa shape index (κ3) is 6.91. The Hall–Kier alpha value is -2.16. The van der Waals surface area contributed by atoms with Gasteiger partial charge in [0.2, 0.25) is 5.91 Å². The van der Waals surface area contributed by atoms with Crippen LogP contribution in [-0.2, 0) is 16.6 Å². The standard InChI is InChI=1S/C26H33FN4O.HI/c1-2-28-25(30-19-26(12-13-26)22-9-6-10-23(27)16-22)29-17-21-15-24(32)31(18-21)14-11-20-7-4-3-5-8-20;/h3-10,16,21H,2,11-15,17-19H2,1H3,(H2,28,29,30);1H. The zero-order chi connectivity index (χ0) is 22.4. The minimum absolute atomic E-state index is 0. The molecule has 5 nitrogen and oxygen atoms in total. The van der Waals surface area contributed by atoms with Gasteiger partial charge in [0.25, 0.3) is 0 Å². The molecular weight excluding hydrogens is 530 g/mol. The van der Waals surface area contributed by atoms with Crippen LogP contribution in [0.25, 0.3) is 0 Å². The van der Waals surface area contributed by atoms with Crippen molar-refractivity contribution in [2.45, 2.75) is 38.0 Å². The van der Waals surface area contributed by atoms with E-state index in [0.717, 1.165) is 50.4 Å². The number of nitrogens with one attached hydrogen (secondary N) is 2. The highest BCUT2D eigenvalue weighted by Crippen LogP contribution is 2.48. The van der Waals surface area contributed by atoms with E-state index < -0.39 is 0 Å². The predicted octanol–water partition coefficient (Wildman–Crippen LogP) is 4.12. The molecule has 0 bridgehead atoms. The number of benzene rings is 2. The maximum Gasteiger partial charge on any atom is 0.223 e. The number of halogens is 2. The van der Waals surface area contributed by atoms with Crippen molar-refractivity contribution < 1.29 is 9.18 Å². The van der Waals surface area contributed by atoms with Crippen LogP contribution >= 0.6 is 24.0 Å². The van der Waals surface area contributed by atoms with Crippen molar-refractivity contribution in [1.29, 1.82) is 0 Å². The molecule has 33 heavy (non-hydrogen) atoms. The molecule has 4 rings (SSSR count). The van der Waals surface area contributed by atoms with E-state index in [0.29, 0.717) is 19.5 Å². The SMILES string of the molecule is CCNC(=NCC1(c2cccc(F)c2)CC1)NCC1CC(=O)N(CCc2ccccc2)C1.I. The third-order valence-corrected chi connectivity index (χ3v) is 6.54. The van der Waals surface area contributed by atoms with Crippen LogP contribution in [0.2, 0.25) is 0 Å². The van der Waals surface area contributed by atoms with Crippen molar-refractivity contribution in [3.63, 3.8) is 0 Å². The van der Waals surface area contributed by atoms with Crippen LogP contribution in [0.1, 0.15) is 37.3 Å². The molecule has 2 N–H and O–H groups in total. The van der Waals surface area contributed by atoms with E-state index in [9.17, 15) is 9.18 Å². The van der Waals surface area contributed by atoms with Gasteiger partial charge in [0, 0.05) is 43.9 Å². The lowest BCUT2D eigenvalue weighted by Gasteiger charge is -2.19. The number of hydrogen-bond acceptors (Lipinski definition) is 2. The van der Waals surface area contributed by atoms with Gasteiger partial charge in [-0.25, -0.2) is 4.39 Å². The summed E-state index contributed by atoms with van der Waals surface area (Å²) >= 11 is 0. The Morgan fingerprint density at radius 1 is 1.15 bits per heavy atom. The zero-order valence-electron chi connectivity index (χ0n) is 19.2. The number of likely N-dealkylation sites (tertiary alicyclic amines) is 1. The Labute approximate surface area is 213 Å². The van der Waals surface area contributed by atoms with Crippen molar-refractivity contribution >= 4 is 35.8 Å². The normalized spacial score (nSPS) is 19.2. The fourth-order valence-corrected chi connectivity index (χ4v) is 4.44. The monoisotopic (exact) mass is 564 g/mol. The van der Waals surface area contributed by atoms with Crippen LogP contribution in [0.15, 0.2) is 59.6 Å². The summed E-state index contributed by atoms with van der Waals surface area (Å²) in [4.78, 5) is 19.2. The largest absolute Gasteiger partial charge is 0.357 e. The van der Waals surface area contributed by atoms with Gasteiger partial charge in [-0.05, 0) is 49.4 Å². The van der Waals surface area contributed by atoms with E-state index in [2.05, 4.69) is 22.8 Å². The average Bonchev–Trinajstić information content (AvgIpc) is 3.51. The van der Waals surface area contributed by atoms with E-state index in [-0.39, 0.29) is 47.0 Å². The van der Waals surface area contributed by atoms with Gasteiger partial charge in [0.1, 0.15) is 5.82 Å². The first-order valence-electron chi connectivity index (χ1n) is 11.7. The number of amides is 1. The Balaban J connectivity index is 0.00000306. The summed E-state index contributed by atoms with van der Waals surface area (Å²) in [7, 11) is 0. The highest BCUT2D eigenvalue weighted by molar-refractivity contribution is 14.0. The Morgan fingerprint density at radius 2 is 1.94 bits per heavy atom. The molecule has 1 unspecified atom stereocenters. The average molecular weight is 564 g/mol. The molecule has 178 valence electrons.